The van der Waals surface area contributed by atoms with E-state index < -0.39 is 12.3 Å². The lowest BCUT2D eigenvalue weighted by Gasteiger charge is -2.21. The van der Waals surface area contributed by atoms with Crippen LogP contribution in [0.3, 0.4) is 0 Å². The van der Waals surface area contributed by atoms with Crippen LogP contribution >= 0.6 is 23.5 Å². The van der Waals surface area contributed by atoms with Gasteiger partial charge in [0.2, 0.25) is 0 Å². The number of rotatable bonds is 7. The monoisotopic (exact) mass is 335 g/mol. The molecule has 6 heteroatoms. The number of hydrogen-bond acceptors (Lipinski definition) is 6. The number of aliphatic carboxylic acids is 1. The number of carboxylic acids is 1. The number of ether oxygens (including phenoxy) is 2. The van der Waals surface area contributed by atoms with Gasteiger partial charge >= 0.3 is 0 Å². The van der Waals surface area contributed by atoms with Crippen LogP contribution in [0.25, 0.3) is 0 Å². The smallest absolute Gasteiger partial charge is 0.281 e. The van der Waals surface area contributed by atoms with Gasteiger partial charge in [-0.15, -0.1) is 23.5 Å². The van der Waals surface area contributed by atoms with Crippen LogP contribution in [0.5, 0.6) is 11.5 Å². The average molecular weight is 335 g/mol. The summed E-state index contributed by atoms with van der Waals surface area (Å²) in [5.74, 6) is -0.608. The normalized spacial score (nSPS) is 10.5. The number of thioether (sulfide) groups is 2. The van der Waals surface area contributed by atoms with Gasteiger partial charge in [0.25, 0.3) is 6.29 Å². The number of carbonyl (C=O) groups is 1. The molecule has 0 saturated heterocycles. The molecule has 0 bridgehead atoms. The summed E-state index contributed by atoms with van der Waals surface area (Å²) < 4.78 is 10.7. The van der Waals surface area contributed by atoms with Crippen LogP contribution in [0.15, 0.2) is 58.3 Å². The summed E-state index contributed by atoms with van der Waals surface area (Å²) >= 11 is 3.18. The predicted molar refractivity (Wildman–Crippen MR) is 86.5 cm³/mol. The van der Waals surface area contributed by atoms with Gasteiger partial charge in [0, 0.05) is 9.79 Å². The lowest BCUT2D eigenvalue weighted by atomic mass is 10.3. The molecule has 0 heterocycles. The molecule has 2 aromatic carbocycles. The molecule has 2 aromatic rings. The average Bonchev–Trinajstić information content (AvgIpc) is 2.55. The Labute approximate surface area is 137 Å². The molecule has 0 aliphatic rings. The minimum absolute atomic E-state index is 0.410. The third-order valence-corrected chi connectivity index (χ3v) is 4.28. The van der Waals surface area contributed by atoms with Gasteiger partial charge in [0.15, 0.2) is 0 Å². The van der Waals surface area contributed by atoms with Gasteiger partial charge in [-0.3, -0.25) is 0 Å². The molecule has 0 amide bonds. The first-order valence-corrected chi connectivity index (χ1v) is 8.89. The van der Waals surface area contributed by atoms with Gasteiger partial charge < -0.3 is 19.4 Å². The van der Waals surface area contributed by atoms with Crippen molar-refractivity contribution < 1.29 is 19.4 Å². The maximum atomic E-state index is 11.2. The first-order valence-electron chi connectivity index (χ1n) is 6.44. The Morgan fingerprint density at radius 3 is 1.50 bits per heavy atom. The molecule has 2 rings (SSSR count). The Morgan fingerprint density at radius 2 is 1.23 bits per heavy atom. The molecule has 0 unspecified atom stereocenters. The molecule has 0 aromatic heterocycles. The van der Waals surface area contributed by atoms with Crippen molar-refractivity contribution in [3.63, 3.8) is 0 Å². The van der Waals surface area contributed by atoms with E-state index >= 15 is 0 Å². The van der Waals surface area contributed by atoms with Crippen molar-refractivity contribution in [2.45, 2.75) is 16.1 Å². The van der Waals surface area contributed by atoms with Crippen molar-refractivity contribution in [3.05, 3.63) is 48.5 Å². The zero-order valence-electron chi connectivity index (χ0n) is 12.1. The highest BCUT2D eigenvalue weighted by atomic mass is 32.2. The Morgan fingerprint density at radius 1 is 0.864 bits per heavy atom. The van der Waals surface area contributed by atoms with Crippen molar-refractivity contribution in [2.24, 2.45) is 0 Å². The highest BCUT2D eigenvalue weighted by Crippen LogP contribution is 2.22. The van der Waals surface area contributed by atoms with E-state index in [0.717, 1.165) is 9.79 Å². The van der Waals surface area contributed by atoms with Crippen molar-refractivity contribution in [1.82, 2.24) is 0 Å². The van der Waals surface area contributed by atoms with Crippen LogP contribution in [-0.4, -0.2) is 24.8 Å². The van der Waals surface area contributed by atoms with Crippen LogP contribution in [0.2, 0.25) is 0 Å². The fraction of sp³-hybridized carbons (Fsp3) is 0.188. The summed E-state index contributed by atoms with van der Waals surface area (Å²) in [6.45, 7) is 0. The first-order chi connectivity index (χ1) is 10.6. The highest BCUT2D eigenvalue weighted by molar-refractivity contribution is 7.98. The van der Waals surface area contributed by atoms with Crippen LogP contribution in [0, 0.1) is 0 Å². The molecule has 0 radical (unpaired) electrons. The lowest BCUT2D eigenvalue weighted by Crippen LogP contribution is -2.43. The molecule has 4 nitrogen and oxygen atoms in total. The van der Waals surface area contributed by atoms with E-state index in [2.05, 4.69) is 0 Å². The SMILES string of the molecule is CSc1ccc(OC(Oc2ccc(SC)cc2)C(=O)[O-])cc1. The van der Waals surface area contributed by atoms with E-state index in [0.29, 0.717) is 11.5 Å². The summed E-state index contributed by atoms with van der Waals surface area (Å²) in [5, 5.41) is 11.2. The van der Waals surface area contributed by atoms with E-state index in [9.17, 15) is 9.90 Å². The second-order valence-electron chi connectivity index (χ2n) is 4.24. The zero-order chi connectivity index (χ0) is 15.9. The molecule has 0 saturated carbocycles. The summed E-state index contributed by atoms with van der Waals surface area (Å²) in [6, 6.07) is 14.2. The molecule has 116 valence electrons. The van der Waals surface area contributed by atoms with E-state index in [4.69, 9.17) is 9.47 Å². The Kier molecular flexibility index (Phi) is 6.03. The standard InChI is InChI=1S/C16H16O4S2/c1-21-13-7-3-11(4-8-13)19-16(15(17)18)20-12-5-9-14(22-2)10-6-12/h3-10,16H,1-2H3,(H,17,18)/p-1. The summed E-state index contributed by atoms with van der Waals surface area (Å²) in [5.41, 5.74) is 0. The predicted octanol–water partition coefficient (Wildman–Crippen LogP) is 2.66. The van der Waals surface area contributed by atoms with Crippen LogP contribution in [-0.2, 0) is 4.79 Å². The van der Waals surface area contributed by atoms with Gasteiger partial charge in [-0.05, 0) is 61.0 Å². The molecule has 0 aliphatic heterocycles. The number of carbonyl (C=O) groups excluding carboxylic acids is 1. The summed E-state index contributed by atoms with van der Waals surface area (Å²) in [7, 11) is 0. The van der Waals surface area contributed by atoms with E-state index in [1.807, 2.05) is 36.8 Å². The first kappa shape index (κ1) is 16.6. The molecule has 0 spiro atoms. The molecule has 0 aliphatic carbocycles. The summed E-state index contributed by atoms with van der Waals surface area (Å²) in [4.78, 5) is 13.3. The Balaban J connectivity index is 2.06. The lowest BCUT2D eigenvalue weighted by molar-refractivity contribution is -0.323. The Bertz CT molecular complexity index is 562. The Hall–Kier alpha value is -1.79. The largest absolute Gasteiger partial charge is 0.543 e. The minimum atomic E-state index is -1.50. The maximum absolute atomic E-state index is 11.2. The fourth-order valence-electron chi connectivity index (χ4n) is 1.68. The van der Waals surface area contributed by atoms with Gasteiger partial charge in [0.05, 0.1) is 0 Å². The summed E-state index contributed by atoms with van der Waals surface area (Å²) in [6.07, 6.45) is 2.42. The molecule has 0 atom stereocenters. The van der Waals surface area contributed by atoms with Gasteiger partial charge in [-0.2, -0.15) is 0 Å². The van der Waals surface area contributed by atoms with Gasteiger partial charge in [-0.1, -0.05) is 0 Å². The number of carboxylic acid groups (broad SMARTS) is 1. The number of benzene rings is 2. The molecule has 0 fully saturated rings. The van der Waals surface area contributed by atoms with Gasteiger partial charge in [-0.25, -0.2) is 0 Å². The highest BCUT2D eigenvalue weighted by Gasteiger charge is 2.14. The van der Waals surface area contributed by atoms with Gasteiger partial charge in [0.1, 0.15) is 17.5 Å². The van der Waals surface area contributed by atoms with Crippen LogP contribution in [0.4, 0.5) is 0 Å². The topological polar surface area (TPSA) is 58.6 Å². The third kappa shape index (κ3) is 4.61. The van der Waals surface area contributed by atoms with Crippen molar-refractivity contribution >= 4 is 29.5 Å². The van der Waals surface area contributed by atoms with E-state index in [1.54, 1.807) is 47.8 Å². The number of hydrogen-bond donors (Lipinski definition) is 0. The quantitative estimate of drug-likeness (QED) is 0.573. The van der Waals surface area contributed by atoms with Crippen molar-refractivity contribution in [1.29, 1.82) is 0 Å². The van der Waals surface area contributed by atoms with Crippen molar-refractivity contribution in [3.8, 4) is 11.5 Å². The van der Waals surface area contributed by atoms with E-state index in [1.165, 1.54) is 0 Å². The van der Waals surface area contributed by atoms with Crippen LogP contribution < -0.4 is 14.6 Å². The molecule has 22 heavy (non-hydrogen) atoms. The second kappa shape index (κ2) is 8.00. The molecular formula is C16H15O4S2-. The maximum Gasteiger partial charge on any atom is 0.281 e. The third-order valence-electron chi connectivity index (χ3n) is 2.80. The zero-order valence-corrected chi connectivity index (χ0v) is 13.8. The molecule has 0 N–H and O–H groups in total. The van der Waals surface area contributed by atoms with Crippen LogP contribution in [0.1, 0.15) is 0 Å². The van der Waals surface area contributed by atoms with Crippen molar-refractivity contribution in [2.75, 3.05) is 12.5 Å². The minimum Gasteiger partial charge on any atom is -0.543 e. The fourth-order valence-corrected chi connectivity index (χ4v) is 2.49. The second-order valence-corrected chi connectivity index (χ2v) is 6.00. The van der Waals surface area contributed by atoms with E-state index in [-0.39, 0.29) is 0 Å². The molecular weight excluding hydrogens is 320 g/mol.